The van der Waals surface area contributed by atoms with E-state index in [4.69, 9.17) is 19.9 Å². The molecule has 0 atom stereocenters. The topological polar surface area (TPSA) is 60.4 Å². The summed E-state index contributed by atoms with van der Waals surface area (Å²) >= 11 is 0. The number of aromatic nitrogens is 6. The Balaban J connectivity index is 1.06. The van der Waals surface area contributed by atoms with E-state index in [1.165, 1.54) is 5.56 Å². The molecule has 0 fully saturated rings. The van der Waals surface area contributed by atoms with Gasteiger partial charge in [0.05, 0.1) is 34.2 Å². The number of nitrogens with zero attached hydrogens (tertiary/aromatic N) is 6. The molecule has 0 saturated carbocycles. The molecular formula is C51H38N6. The Labute approximate surface area is 331 Å². The van der Waals surface area contributed by atoms with Gasteiger partial charge >= 0.3 is 0 Å². The summed E-state index contributed by atoms with van der Waals surface area (Å²) in [4.78, 5) is 20.5. The predicted molar refractivity (Wildman–Crippen MR) is 232 cm³/mol. The molecule has 272 valence electrons. The zero-order valence-corrected chi connectivity index (χ0v) is 31.7. The first-order chi connectivity index (χ1) is 28.1. The number of fused-ring (bicyclic) bond motifs is 2. The number of benzene rings is 5. The molecule has 0 aliphatic rings. The van der Waals surface area contributed by atoms with Gasteiger partial charge in [-0.25, -0.2) is 19.9 Å². The first kappa shape index (κ1) is 34.1. The van der Waals surface area contributed by atoms with Crippen molar-refractivity contribution in [1.29, 1.82) is 0 Å². The number of pyridine rings is 2. The van der Waals surface area contributed by atoms with Gasteiger partial charge in [-0.2, -0.15) is 0 Å². The summed E-state index contributed by atoms with van der Waals surface area (Å²) in [5.74, 6) is 1.12. The molecule has 0 spiro atoms. The molecule has 0 saturated heterocycles. The molecule has 5 aromatic carbocycles. The lowest BCUT2D eigenvalue weighted by Crippen LogP contribution is -1.97. The molecule has 0 radical (unpaired) electrons. The van der Waals surface area contributed by atoms with Gasteiger partial charge in [0, 0.05) is 51.3 Å². The molecular weight excluding hydrogens is 697 g/mol. The highest BCUT2D eigenvalue weighted by molar-refractivity contribution is 5.85. The van der Waals surface area contributed by atoms with E-state index >= 15 is 0 Å². The van der Waals surface area contributed by atoms with Crippen LogP contribution in [-0.4, -0.2) is 28.7 Å². The van der Waals surface area contributed by atoms with Gasteiger partial charge in [0.1, 0.15) is 11.3 Å². The van der Waals surface area contributed by atoms with E-state index in [1.807, 2.05) is 48.5 Å². The van der Waals surface area contributed by atoms with Crippen molar-refractivity contribution < 1.29 is 0 Å². The highest BCUT2D eigenvalue weighted by Gasteiger charge is 2.19. The average molecular weight is 735 g/mol. The van der Waals surface area contributed by atoms with Gasteiger partial charge in [0.15, 0.2) is 5.82 Å². The Bertz CT molecular complexity index is 2820. The van der Waals surface area contributed by atoms with Crippen LogP contribution in [0, 0.1) is 0 Å². The van der Waals surface area contributed by atoms with Gasteiger partial charge in [-0.15, -0.1) is 0 Å². The summed E-state index contributed by atoms with van der Waals surface area (Å²) < 4.78 is 4.32. The molecule has 0 aliphatic heterocycles. The van der Waals surface area contributed by atoms with Crippen LogP contribution in [0.25, 0.3) is 90.2 Å². The Morgan fingerprint density at radius 1 is 0.368 bits per heavy atom. The van der Waals surface area contributed by atoms with Crippen LogP contribution in [0.3, 0.4) is 0 Å². The van der Waals surface area contributed by atoms with Crippen molar-refractivity contribution in [3.63, 3.8) is 0 Å². The summed E-state index contributed by atoms with van der Waals surface area (Å²) in [5.41, 5.74) is 16.1. The molecule has 0 aliphatic carbocycles. The molecule has 57 heavy (non-hydrogen) atoms. The molecule has 0 bridgehead atoms. The van der Waals surface area contributed by atoms with Gasteiger partial charge in [0.25, 0.3) is 0 Å². The number of hydrogen-bond donors (Lipinski definition) is 0. The molecule has 10 aromatic rings. The predicted octanol–water partition coefficient (Wildman–Crippen LogP) is 12.6. The lowest BCUT2D eigenvalue weighted by atomic mass is 10.00. The van der Waals surface area contributed by atoms with E-state index in [1.54, 1.807) is 0 Å². The summed E-state index contributed by atoms with van der Waals surface area (Å²) in [5, 5.41) is 0. The van der Waals surface area contributed by atoms with Gasteiger partial charge < -0.3 is 0 Å². The number of imidazole rings is 2. The lowest BCUT2D eigenvalue weighted by molar-refractivity contribution is 0.867. The minimum Gasteiger partial charge on any atom is -0.299 e. The molecule has 5 heterocycles. The molecule has 0 N–H and O–H groups in total. The van der Waals surface area contributed by atoms with Crippen molar-refractivity contribution in [2.24, 2.45) is 0 Å². The highest BCUT2D eigenvalue weighted by Crippen LogP contribution is 2.37. The molecule has 5 aromatic heterocycles. The maximum atomic E-state index is 5.17. The second kappa shape index (κ2) is 14.3. The van der Waals surface area contributed by atoms with Crippen molar-refractivity contribution in [2.45, 2.75) is 19.8 Å². The lowest BCUT2D eigenvalue weighted by Gasteiger charge is -2.12. The fraction of sp³-hybridized carbons (Fsp3) is 0.0588. The van der Waals surface area contributed by atoms with E-state index in [0.29, 0.717) is 11.7 Å². The van der Waals surface area contributed by atoms with Crippen molar-refractivity contribution in [3.8, 4) is 78.9 Å². The van der Waals surface area contributed by atoms with Crippen LogP contribution in [-0.2, 0) is 0 Å². The highest BCUT2D eigenvalue weighted by atomic mass is 15.0. The Hall–Kier alpha value is -7.44. The molecule has 6 heteroatoms. The van der Waals surface area contributed by atoms with Crippen molar-refractivity contribution in [2.75, 3.05) is 0 Å². The van der Waals surface area contributed by atoms with Gasteiger partial charge in [-0.05, 0) is 41.8 Å². The Morgan fingerprint density at radius 2 is 0.772 bits per heavy atom. The fourth-order valence-electron chi connectivity index (χ4n) is 7.62. The van der Waals surface area contributed by atoms with Crippen LogP contribution in [0.2, 0.25) is 0 Å². The second-order valence-corrected chi connectivity index (χ2v) is 14.6. The van der Waals surface area contributed by atoms with E-state index in [-0.39, 0.29) is 0 Å². The van der Waals surface area contributed by atoms with Crippen LogP contribution < -0.4 is 0 Å². The minimum atomic E-state index is 0.435. The van der Waals surface area contributed by atoms with E-state index in [9.17, 15) is 0 Å². The van der Waals surface area contributed by atoms with E-state index < -0.39 is 0 Å². The quantitative estimate of drug-likeness (QED) is 0.156. The van der Waals surface area contributed by atoms with Crippen LogP contribution in [0.4, 0.5) is 0 Å². The third-order valence-corrected chi connectivity index (χ3v) is 10.6. The maximum Gasteiger partial charge on any atom is 0.160 e. The zero-order chi connectivity index (χ0) is 38.3. The Morgan fingerprint density at radius 3 is 1.21 bits per heavy atom. The smallest absolute Gasteiger partial charge is 0.160 e. The summed E-state index contributed by atoms with van der Waals surface area (Å²) in [6.45, 7) is 4.42. The third-order valence-electron chi connectivity index (χ3n) is 10.6. The van der Waals surface area contributed by atoms with Crippen LogP contribution in [0.5, 0.6) is 0 Å². The number of rotatable bonds is 8. The molecule has 10 rings (SSSR count). The Kier molecular flexibility index (Phi) is 8.57. The first-order valence-corrected chi connectivity index (χ1v) is 19.3. The maximum absolute atomic E-state index is 5.17. The van der Waals surface area contributed by atoms with Gasteiger partial charge in [0.2, 0.25) is 0 Å². The SMILES string of the molecule is CC(C)c1ccc(-c2nc(-c3ccc(-c4nc5ccccn5c4-c4ccccc4)cc3)cc(-c3ccc(-c4nc5ccccn5c4-c4ccccc4)cc3)n2)cc1. The van der Waals surface area contributed by atoms with Gasteiger partial charge in [-0.3, -0.25) is 8.80 Å². The molecule has 0 amide bonds. The number of hydrogen-bond acceptors (Lipinski definition) is 4. The van der Waals surface area contributed by atoms with Gasteiger partial charge in [-0.1, -0.05) is 159 Å². The zero-order valence-electron chi connectivity index (χ0n) is 31.7. The summed E-state index contributed by atoms with van der Waals surface area (Å²) in [6.07, 6.45) is 4.15. The standard InChI is InChI=1S/C51H38N6/c1-34(2)35-19-29-42(30-20-35)51-52-43(36-21-25-38(26-22-36)47-49(40-13-5-3-6-14-40)56-31-11-9-17-45(56)54-47)33-44(53-51)37-23-27-39(28-24-37)48-50(41-15-7-4-8-16-41)57-32-12-10-18-46(57)55-48/h3-34H,1-2H3. The minimum absolute atomic E-state index is 0.435. The van der Waals surface area contributed by atoms with Crippen LogP contribution in [0.1, 0.15) is 25.3 Å². The molecule has 0 unspecified atom stereocenters. The van der Waals surface area contributed by atoms with Crippen LogP contribution in [0.15, 0.2) is 188 Å². The fourth-order valence-corrected chi connectivity index (χ4v) is 7.62. The summed E-state index contributed by atoms with van der Waals surface area (Å²) in [7, 11) is 0. The largest absolute Gasteiger partial charge is 0.299 e. The van der Waals surface area contributed by atoms with Crippen LogP contribution >= 0.6 is 0 Å². The van der Waals surface area contributed by atoms with Crippen molar-refractivity contribution in [3.05, 3.63) is 194 Å². The first-order valence-electron chi connectivity index (χ1n) is 19.3. The van der Waals surface area contributed by atoms with Crippen molar-refractivity contribution in [1.82, 2.24) is 28.7 Å². The summed E-state index contributed by atoms with van der Waals surface area (Å²) in [6, 6.07) is 61.0. The average Bonchev–Trinajstić information content (AvgIpc) is 3.87. The van der Waals surface area contributed by atoms with Crippen molar-refractivity contribution >= 4 is 11.3 Å². The third kappa shape index (κ3) is 6.37. The van der Waals surface area contributed by atoms with E-state index in [2.05, 4.69) is 162 Å². The monoisotopic (exact) mass is 734 g/mol. The molecule has 6 nitrogen and oxygen atoms in total. The van der Waals surface area contributed by atoms with E-state index in [0.717, 1.165) is 84.4 Å². The normalized spacial score (nSPS) is 11.5. The second-order valence-electron chi connectivity index (χ2n) is 14.6.